The number of alkyl halides is 3. The second-order valence-electron chi connectivity index (χ2n) is 8.54. The molecular weight excluding hydrogens is 425 g/mol. The van der Waals surface area contributed by atoms with Crippen LogP contribution < -0.4 is 4.72 Å². The molecule has 3 aromatic rings. The standard InChI is InChI=1S/C23H25F3N2O2S/c1-15(2)13-28-14-17(12-27-31(29,30)18-8-9-18)20-10-7-16(11-22(20)28)19-5-3-4-6-21(19)23(24,25)26/h3-7,10-11,14-15,18,27H,8-9,12-13H2,1-2H3. The summed E-state index contributed by atoms with van der Waals surface area (Å²) in [5.74, 6) is 0.317. The first-order chi connectivity index (χ1) is 14.6. The monoisotopic (exact) mass is 450 g/mol. The summed E-state index contributed by atoms with van der Waals surface area (Å²) in [5, 5.41) is 0.536. The van der Waals surface area contributed by atoms with Gasteiger partial charge in [-0.25, -0.2) is 13.1 Å². The molecule has 1 aliphatic rings. The van der Waals surface area contributed by atoms with E-state index < -0.39 is 21.8 Å². The quantitative estimate of drug-likeness (QED) is 0.512. The van der Waals surface area contributed by atoms with E-state index in [1.54, 1.807) is 24.3 Å². The van der Waals surface area contributed by atoms with E-state index in [2.05, 4.69) is 18.6 Å². The van der Waals surface area contributed by atoms with Crippen LogP contribution in [0.25, 0.3) is 22.0 Å². The fourth-order valence-corrected chi connectivity index (χ4v) is 5.23. The van der Waals surface area contributed by atoms with Gasteiger partial charge >= 0.3 is 6.18 Å². The van der Waals surface area contributed by atoms with Crippen molar-refractivity contribution in [2.45, 2.75) is 51.2 Å². The Morgan fingerprint density at radius 2 is 1.84 bits per heavy atom. The highest BCUT2D eigenvalue weighted by atomic mass is 32.2. The van der Waals surface area contributed by atoms with Gasteiger partial charge in [0.15, 0.2) is 0 Å². The molecule has 4 nitrogen and oxygen atoms in total. The van der Waals surface area contributed by atoms with Crippen molar-refractivity contribution in [2.24, 2.45) is 5.92 Å². The van der Waals surface area contributed by atoms with Gasteiger partial charge in [0.25, 0.3) is 0 Å². The van der Waals surface area contributed by atoms with Crippen LogP contribution in [-0.4, -0.2) is 18.2 Å². The van der Waals surface area contributed by atoms with E-state index in [0.717, 1.165) is 22.5 Å². The molecule has 166 valence electrons. The lowest BCUT2D eigenvalue weighted by Gasteiger charge is -2.14. The van der Waals surface area contributed by atoms with E-state index in [0.29, 0.717) is 30.9 Å². The molecule has 4 rings (SSSR count). The van der Waals surface area contributed by atoms with Crippen molar-refractivity contribution in [1.29, 1.82) is 0 Å². The average Bonchev–Trinajstić information content (AvgIpc) is 3.51. The van der Waals surface area contributed by atoms with Gasteiger partial charge in [0.05, 0.1) is 10.8 Å². The smallest absolute Gasteiger partial charge is 0.347 e. The summed E-state index contributed by atoms with van der Waals surface area (Å²) in [7, 11) is -3.33. The molecule has 1 aromatic heterocycles. The van der Waals surface area contributed by atoms with Crippen LogP contribution in [0.4, 0.5) is 13.2 Å². The molecule has 1 N–H and O–H groups in total. The second-order valence-corrected chi connectivity index (χ2v) is 10.6. The number of hydrogen-bond acceptors (Lipinski definition) is 2. The Hall–Kier alpha value is -2.32. The second kappa shape index (κ2) is 7.98. The van der Waals surface area contributed by atoms with Crippen molar-refractivity contribution in [2.75, 3.05) is 0 Å². The van der Waals surface area contributed by atoms with Gasteiger partial charge in [-0.05, 0) is 47.6 Å². The molecule has 1 saturated carbocycles. The summed E-state index contributed by atoms with van der Waals surface area (Å²) in [6.45, 7) is 4.96. The van der Waals surface area contributed by atoms with Crippen molar-refractivity contribution in [3.8, 4) is 11.1 Å². The number of sulfonamides is 1. The average molecular weight is 451 g/mol. The highest BCUT2D eigenvalue weighted by Gasteiger charge is 2.35. The fourth-order valence-electron chi connectivity index (χ4n) is 3.88. The minimum absolute atomic E-state index is 0.130. The largest absolute Gasteiger partial charge is 0.417 e. The van der Waals surface area contributed by atoms with Crippen LogP contribution in [0.5, 0.6) is 0 Å². The van der Waals surface area contributed by atoms with Crippen LogP contribution in [0, 0.1) is 5.92 Å². The Labute approximate surface area is 180 Å². The summed E-state index contributed by atoms with van der Waals surface area (Å²) >= 11 is 0. The van der Waals surface area contributed by atoms with Crippen LogP contribution in [0.2, 0.25) is 0 Å². The van der Waals surface area contributed by atoms with Gasteiger partial charge < -0.3 is 4.57 Å². The first-order valence-corrected chi connectivity index (χ1v) is 11.9. The Bertz CT molecular complexity index is 1210. The molecular formula is C23H25F3N2O2S. The lowest BCUT2D eigenvalue weighted by atomic mass is 9.98. The third-order valence-corrected chi connectivity index (χ3v) is 7.39. The number of rotatable bonds is 7. The van der Waals surface area contributed by atoms with Gasteiger partial charge in [0.1, 0.15) is 0 Å². The van der Waals surface area contributed by atoms with E-state index in [4.69, 9.17) is 0 Å². The summed E-state index contributed by atoms with van der Waals surface area (Å²) in [6.07, 6.45) is -1.17. The number of nitrogens with zero attached hydrogens (tertiary/aromatic N) is 1. The Morgan fingerprint density at radius 3 is 2.48 bits per heavy atom. The van der Waals surface area contributed by atoms with Gasteiger partial charge in [-0.15, -0.1) is 0 Å². The van der Waals surface area contributed by atoms with E-state index in [1.165, 1.54) is 12.1 Å². The van der Waals surface area contributed by atoms with Gasteiger partial charge in [0, 0.05) is 30.2 Å². The molecule has 0 spiro atoms. The molecule has 0 amide bonds. The van der Waals surface area contributed by atoms with Gasteiger partial charge in [-0.2, -0.15) is 13.2 Å². The number of fused-ring (bicyclic) bond motifs is 1. The van der Waals surface area contributed by atoms with Crippen molar-refractivity contribution < 1.29 is 21.6 Å². The predicted molar refractivity (Wildman–Crippen MR) is 116 cm³/mol. The van der Waals surface area contributed by atoms with Crippen molar-refractivity contribution in [1.82, 2.24) is 9.29 Å². The lowest BCUT2D eigenvalue weighted by molar-refractivity contribution is -0.137. The van der Waals surface area contributed by atoms with E-state index in [9.17, 15) is 21.6 Å². The zero-order valence-corrected chi connectivity index (χ0v) is 18.2. The van der Waals surface area contributed by atoms with Crippen molar-refractivity contribution in [3.63, 3.8) is 0 Å². The van der Waals surface area contributed by atoms with Crippen LogP contribution in [0.3, 0.4) is 0 Å². The molecule has 0 bridgehead atoms. The molecule has 2 aromatic carbocycles. The predicted octanol–water partition coefficient (Wildman–Crippen LogP) is 5.56. The van der Waals surface area contributed by atoms with Gasteiger partial charge in [-0.1, -0.05) is 44.2 Å². The maximum Gasteiger partial charge on any atom is 0.417 e. The first kappa shape index (κ1) is 21.9. The molecule has 0 unspecified atom stereocenters. The molecule has 0 saturated heterocycles. The summed E-state index contributed by atoms with van der Waals surface area (Å²) in [6, 6.07) is 10.8. The topological polar surface area (TPSA) is 51.1 Å². The minimum atomic E-state index is -4.45. The van der Waals surface area contributed by atoms with Crippen LogP contribution >= 0.6 is 0 Å². The van der Waals surface area contributed by atoms with Crippen LogP contribution in [0.1, 0.15) is 37.8 Å². The highest BCUT2D eigenvalue weighted by Crippen LogP contribution is 2.38. The Balaban J connectivity index is 1.77. The third-order valence-electron chi connectivity index (χ3n) is 5.50. The number of benzene rings is 2. The Morgan fingerprint density at radius 1 is 1.13 bits per heavy atom. The number of hydrogen-bond donors (Lipinski definition) is 1. The zero-order chi connectivity index (χ0) is 22.4. The molecule has 0 aliphatic heterocycles. The number of aromatic nitrogens is 1. The zero-order valence-electron chi connectivity index (χ0n) is 17.4. The van der Waals surface area contributed by atoms with Gasteiger partial charge in [0.2, 0.25) is 10.0 Å². The fraction of sp³-hybridized carbons (Fsp3) is 0.391. The maximum absolute atomic E-state index is 13.5. The first-order valence-electron chi connectivity index (χ1n) is 10.3. The third kappa shape index (κ3) is 4.65. The Kier molecular flexibility index (Phi) is 5.64. The minimum Gasteiger partial charge on any atom is -0.347 e. The lowest BCUT2D eigenvalue weighted by Crippen LogP contribution is -2.26. The summed E-state index contributed by atoms with van der Waals surface area (Å²) < 4.78 is 69.7. The number of nitrogens with one attached hydrogen (secondary N) is 1. The molecule has 8 heteroatoms. The van der Waals surface area contributed by atoms with Crippen molar-refractivity contribution >= 4 is 20.9 Å². The molecule has 31 heavy (non-hydrogen) atoms. The SMILES string of the molecule is CC(C)Cn1cc(CNS(=O)(=O)C2CC2)c2ccc(-c3ccccc3C(F)(F)F)cc21. The molecule has 0 atom stereocenters. The van der Waals surface area contributed by atoms with E-state index in [1.807, 2.05) is 10.8 Å². The van der Waals surface area contributed by atoms with Crippen molar-refractivity contribution in [3.05, 3.63) is 59.8 Å². The maximum atomic E-state index is 13.5. The summed E-state index contributed by atoms with van der Waals surface area (Å²) in [5.41, 5.74) is 1.55. The normalized spacial score (nSPS) is 15.2. The van der Waals surface area contributed by atoms with Crippen LogP contribution in [-0.2, 0) is 29.3 Å². The molecule has 1 heterocycles. The highest BCUT2D eigenvalue weighted by molar-refractivity contribution is 7.90. The summed E-state index contributed by atoms with van der Waals surface area (Å²) in [4.78, 5) is 0. The molecule has 1 fully saturated rings. The van der Waals surface area contributed by atoms with Gasteiger partial charge in [-0.3, -0.25) is 0 Å². The molecule has 1 aliphatic carbocycles. The van der Waals surface area contributed by atoms with E-state index in [-0.39, 0.29) is 17.4 Å². The van der Waals surface area contributed by atoms with E-state index >= 15 is 0 Å². The number of halogens is 3. The molecule has 0 radical (unpaired) electrons. The van der Waals surface area contributed by atoms with Crippen LogP contribution in [0.15, 0.2) is 48.7 Å².